The fourth-order valence-corrected chi connectivity index (χ4v) is 2.80. The van der Waals surface area contributed by atoms with Crippen molar-refractivity contribution in [3.63, 3.8) is 0 Å². The number of methoxy groups -OCH3 is 2. The standard InChI is InChI=1S/C20H16ClN3O2/c1-25-17-7-6-13(9-18(17)26-2)10-19-23-12-16(21)20(24-19)15-5-3-4-14(8-15)11-22/h3-9,12H,10H2,1-2H3. The molecule has 0 atom stereocenters. The maximum Gasteiger partial charge on any atom is 0.161 e. The maximum absolute atomic E-state index is 9.08. The third-order valence-electron chi connectivity index (χ3n) is 3.87. The molecule has 0 N–H and O–H groups in total. The highest BCUT2D eigenvalue weighted by molar-refractivity contribution is 6.32. The van der Waals surface area contributed by atoms with Crippen molar-refractivity contribution in [1.82, 2.24) is 9.97 Å². The van der Waals surface area contributed by atoms with E-state index in [0.717, 1.165) is 11.1 Å². The van der Waals surface area contributed by atoms with Gasteiger partial charge in [-0.05, 0) is 29.8 Å². The van der Waals surface area contributed by atoms with Gasteiger partial charge in [-0.25, -0.2) is 9.97 Å². The Morgan fingerprint density at radius 3 is 2.62 bits per heavy atom. The third-order valence-corrected chi connectivity index (χ3v) is 4.15. The quantitative estimate of drug-likeness (QED) is 0.675. The van der Waals surface area contributed by atoms with Gasteiger partial charge >= 0.3 is 0 Å². The fraction of sp³-hybridized carbons (Fsp3) is 0.150. The molecule has 0 aliphatic heterocycles. The minimum Gasteiger partial charge on any atom is -0.493 e. The van der Waals surface area contributed by atoms with Crippen molar-refractivity contribution in [1.29, 1.82) is 5.26 Å². The maximum atomic E-state index is 9.08. The van der Waals surface area contributed by atoms with Crippen molar-refractivity contribution < 1.29 is 9.47 Å². The normalized spacial score (nSPS) is 10.2. The van der Waals surface area contributed by atoms with Crippen LogP contribution in [0.5, 0.6) is 11.5 Å². The number of hydrogen-bond donors (Lipinski definition) is 0. The number of ether oxygens (including phenoxy) is 2. The van der Waals surface area contributed by atoms with Crippen LogP contribution in [-0.2, 0) is 6.42 Å². The lowest BCUT2D eigenvalue weighted by Gasteiger charge is -2.10. The number of hydrogen-bond acceptors (Lipinski definition) is 5. The highest BCUT2D eigenvalue weighted by Crippen LogP contribution is 2.29. The average Bonchev–Trinajstić information content (AvgIpc) is 2.69. The summed E-state index contributed by atoms with van der Waals surface area (Å²) >= 11 is 6.27. The van der Waals surface area contributed by atoms with Crippen LogP contribution < -0.4 is 9.47 Å². The van der Waals surface area contributed by atoms with E-state index in [2.05, 4.69) is 16.0 Å². The van der Waals surface area contributed by atoms with Crippen molar-refractivity contribution >= 4 is 11.6 Å². The monoisotopic (exact) mass is 365 g/mol. The second kappa shape index (κ2) is 7.85. The van der Waals surface area contributed by atoms with Gasteiger partial charge in [0.15, 0.2) is 11.5 Å². The van der Waals surface area contributed by atoms with E-state index >= 15 is 0 Å². The minimum atomic E-state index is 0.441. The Hall–Kier alpha value is -3.10. The van der Waals surface area contributed by atoms with Crippen LogP contribution in [0, 0.1) is 11.3 Å². The molecule has 0 unspecified atom stereocenters. The summed E-state index contributed by atoms with van der Waals surface area (Å²) in [4.78, 5) is 8.91. The second-order valence-electron chi connectivity index (χ2n) is 5.54. The van der Waals surface area contributed by atoms with Gasteiger partial charge in [0.2, 0.25) is 0 Å². The molecule has 0 aliphatic carbocycles. The van der Waals surface area contributed by atoms with Gasteiger partial charge in [-0.15, -0.1) is 0 Å². The summed E-state index contributed by atoms with van der Waals surface area (Å²) in [7, 11) is 3.20. The van der Waals surface area contributed by atoms with Gasteiger partial charge in [-0.3, -0.25) is 0 Å². The van der Waals surface area contributed by atoms with Gasteiger partial charge in [0.05, 0.1) is 36.6 Å². The van der Waals surface area contributed by atoms with Gasteiger partial charge in [-0.1, -0.05) is 29.8 Å². The molecule has 26 heavy (non-hydrogen) atoms. The van der Waals surface area contributed by atoms with E-state index in [4.69, 9.17) is 26.3 Å². The molecule has 0 amide bonds. The molecule has 0 saturated carbocycles. The molecule has 0 aliphatic rings. The lowest BCUT2D eigenvalue weighted by atomic mass is 10.1. The van der Waals surface area contributed by atoms with Gasteiger partial charge in [0.25, 0.3) is 0 Å². The Kier molecular flexibility index (Phi) is 5.35. The van der Waals surface area contributed by atoms with Crippen molar-refractivity contribution in [2.75, 3.05) is 14.2 Å². The molecule has 5 nitrogen and oxygen atoms in total. The smallest absolute Gasteiger partial charge is 0.161 e. The fourth-order valence-electron chi connectivity index (χ4n) is 2.60. The van der Waals surface area contributed by atoms with Crippen molar-refractivity contribution in [2.24, 2.45) is 0 Å². The Labute approximate surface area is 156 Å². The van der Waals surface area contributed by atoms with Gasteiger partial charge < -0.3 is 9.47 Å². The molecule has 0 fully saturated rings. The molecule has 0 bridgehead atoms. The zero-order valence-electron chi connectivity index (χ0n) is 14.4. The van der Waals surface area contributed by atoms with Gasteiger partial charge in [0, 0.05) is 18.2 Å². The van der Waals surface area contributed by atoms with Crippen molar-refractivity contribution in [3.8, 4) is 28.8 Å². The summed E-state index contributed by atoms with van der Waals surface area (Å²) in [6.07, 6.45) is 2.10. The van der Waals surface area contributed by atoms with Gasteiger partial charge in [0.1, 0.15) is 5.82 Å². The topological polar surface area (TPSA) is 68.0 Å². The molecule has 2 aromatic carbocycles. The van der Waals surface area contributed by atoms with Crippen LogP contribution in [0.2, 0.25) is 5.02 Å². The zero-order chi connectivity index (χ0) is 18.5. The number of rotatable bonds is 5. The molecule has 0 radical (unpaired) electrons. The molecule has 1 heterocycles. The van der Waals surface area contributed by atoms with Crippen LogP contribution in [0.15, 0.2) is 48.7 Å². The first-order valence-electron chi connectivity index (χ1n) is 7.87. The number of nitriles is 1. The molecular formula is C20H16ClN3O2. The summed E-state index contributed by atoms with van der Waals surface area (Å²) < 4.78 is 10.6. The summed E-state index contributed by atoms with van der Waals surface area (Å²) in [6.45, 7) is 0. The number of nitrogens with zero attached hydrogens (tertiary/aromatic N) is 3. The van der Waals surface area contributed by atoms with E-state index in [1.165, 1.54) is 0 Å². The Morgan fingerprint density at radius 2 is 1.88 bits per heavy atom. The lowest BCUT2D eigenvalue weighted by molar-refractivity contribution is 0.354. The molecular weight excluding hydrogens is 350 g/mol. The summed E-state index contributed by atoms with van der Waals surface area (Å²) in [6, 6.07) is 15.0. The average molecular weight is 366 g/mol. The van der Waals surface area contributed by atoms with E-state index in [1.54, 1.807) is 38.6 Å². The predicted molar refractivity (Wildman–Crippen MR) is 99.5 cm³/mol. The first kappa shape index (κ1) is 17.7. The van der Waals surface area contributed by atoms with Gasteiger partial charge in [-0.2, -0.15) is 5.26 Å². The molecule has 1 aromatic heterocycles. The summed E-state index contributed by atoms with van der Waals surface area (Å²) in [5.41, 5.74) is 2.93. The predicted octanol–water partition coefficient (Wildman–Crippen LogP) is 4.28. The summed E-state index contributed by atoms with van der Waals surface area (Å²) in [5, 5.41) is 9.52. The number of benzene rings is 2. The molecule has 130 valence electrons. The highest BCUT2D eigenvalue weighted by atomic mass is 35.5. The van der Waals surface area contributed by atoms with Crippen LogP contribution >= 0.6 is 11.6 Å². The molecule has 0 spiro atoms. The van der Waals surface area contributed by atoms with E-state index in [-0.39, 0.29) is 0 Å². The molecule has 3 aromatic rings. The van der Waals surface area contributed by atoms with E-state index in [9.17, 15) is 0 Å². The van der Waals surface area contributed by atoms with Crippen molar-refractivity contribution in [2.45, 2.75) is 6.42 Å². The van der Waals surface area contributed by atoms with E-state index in [1.807, 2.05) is 24.3 Å². The van der Waals surface area contributed by atoms with Crippen LogP contribution in [0.25, 0.3) is 11.3 Å². The van der Waals surface area contributed by atoms with Crippen LogP contribution in [-0.4, -0.2) is 24.2 Å². The highest BCUT2D eigenvalue weighted by Gasteiger charge is 2.11. The van der Waals surface area contributed by atoms with E-state index in [0.29, 0.717) is 40.0 Å². The van der Waals surface area contributed by atoms with Crippen LogP contribution in [0.4, 0.5) is 0 Å². The van der Waals surface area contributed by atoms with Crippen LogP contribution in [0.3, 0.4) is 0 Å². The Morgan fingerprint density at radius 1 is 1.08 bits per heavy atom. The second-order valence-corrected chi connectivity index (χ2v) is 5.95. The SMILES string of the molecule is COc1ccc(Cc2ncc(Cl)c(-c3cccc(C#N)c3)n2)cc1OC. The third kappa shape index (κ3) is 3.76. The van der Waals surface area contributed by atoms with Crippen LogP contribution in [0.1, 0.15) is 17.0 Å². The van der Waals surface area contributed by atoms with E-state index < -0.39 is 0 Å². The van der Waals surface area contributed by atoms with Crippen molar-refractivity contribution in [3.05, 3.63) is 70.6 Å². The Bertz CT molecular complexity index is 983. The number of aromatic nitrogens is 2. The number of halogens is 1. The molecule has 0 saturated heterocycles. The largest absolute Gasteiger partial charge is 0.493 e. The Balaban J connectivity index is 1.94. The summed E-state index contributed by atoms with van der Waals surface area (Å²) in [5.74, 6) is 1.95. The first-order chi connectivity index (χ1) is 12.6. The molecule has 3 rings (SSSR count). The lowest BCUT2D eigenvalue weighted by Crippen LogP contribution is -2.00. The first-order valence-corrected chi connectivity index (χ1v) is 8.25. The minimum absolute atomic E-state index is 0.441. The zero-order valence-corrected chi connectivity index (χ0v) is 15.1. The molecule has 6 heteroatoms.